The lowest BCUT2D eigenvalue weighted by Crippen LogP contribution is -2.45. The summed E-state index contributed by atoms with van der Waals surface area (Å²) in [6.07, 6.45) is 2.89. The van der Waals surface area contributed by atoms with Gasteiger partial charge in [-0.05, 0) is 37.8 Å². The summed E-state index contributed by atoms with van der Waals surface area (Å²) in [6, 6.07) is 6.99. The molecule has 0 saturated carbocycles. The molecule has 0 aromatic heterocycles. The fourth-order valence-electron chi connectivity index (χ4n) is 2.86. The molecule has 2 rings (SSSR count). The van der Waals surface area contributed by atoms with E-state index >= 15 is 0 Å². The summed E-state index contributed by atoms with van der Waals surface area (Å²) in [5, 5.41) is 9.47. The number of ether oxygens (including phenoxy) is 1. The minimum Gasteiger partial charge on any atom is -0.466 e. The van der Waals surface area contributed by atoms with Crippen molar-refractivity contribution in [2.24, 2.45) is 0 Å². The van der Waals surface area contributed by atoms with Crippen molar-refractivity contribution in [3.63, 3.8) is 0 Å². The van der Waals surface area contributed by atoms with Gasteiger partial charge in [-0.3, -0.25) is 9.59 Å². The lowest BCUT2D eigenvalue weighted by molar-refractivity contribution is -0.142. The van der Waals surface area contributed by atoms with Gasteiger partial charge in [-0.2, -0.15) is 0 Å². The number of hydrogen-bond donors (Lipinski definition) is 1. The van der Waals surface area contributed by atoms with Crippen LogP contribution in [0.1, 0.15) is 42.1 Å². The molecule has 0 radical (unpaired) electrons. The summed E-state index contributed by atoms with van der Waals surface area (Å²) >= 11 is 0. The first-order chi connectivity index (χ1) is 10.7. The Morgan fingerprint density at radius 3 is 2.82 bits per heavy atom. The van der Waals surface area contributed by atoms with Gasteiger partial charge in [-0.15, -0.1) is 0 Å². The van der Waals surface area contributed by atoms with Crippen molar-refractivity contribution in [3.05, 3.63) is 35.4 Å². The van der Waals surface area contributed by atoms with Gasteiger partial charge in [0.25, 0.3) is 5.91 Å². The van der Waals surface area contributed by atoms with Crippen LogP contribution < -0.4 is 0 Å². The molecule has 0 spiro atoms. The van der Waals surface area contributed by atoms with Crippen LogP contribution in [0, 0.1) is 0 Å². The van der Waals surface area contributed by atoms with E-state index in [1.807, 2.05) is 6.07 Å². The Kier molecular flexibility index (Phi) is 5.95. The Balaban J connectivity index is 2.20. The number of aliphatic hydroxyl groups excluding tert-OH is 1. The predicted octanol–water partition coefficient (Wildman–Crippen LogP) is 1.78. The molecule has 1 aliphatic rings. The lowest BCUT2D eigenvalue weighted by Gasteiger charge is -2.35. The van der Waals surface area contributed by atoms with Crippen LogP contribution in [0.5, 0.6) is 0 Å². The molecule has 1 aromatic rings. The van der Waals surface area contributed by atoms with Gasteiger partial charge in [0, 0.05) is 12.1 Å². The first-order valence-corrected chi connectivity index (χ1v) is 7.82. The Bertz CT molecular complexity index is 529. The number of piperidine rings is 1. The number of nitrogens with zero attached hydrogens (tertiary/aromatic N) is 1. The van der Waals surface area contributed by atoms with Crippen LogP contribution >= 0.6 is 0 Å². The molecule has 1 heterocycles. The van der Waals surface area contributed by atoms with Crippen LogP contribution in [0.15, 0.2) is 24.3 Å². The van der Waals surface area contributed by atoms with Gasteiger partial charge in [-0.25, -0.2) is 0 Å². The second-order valence-corrected chi connectivity index (χ2v) is 5.47. The van der Waals surface area contributed by atoms with E-state index in [4.69, 9.17) is 4.74 Å². The number of aliphatic hydroxyl groups is 1. The van der Waals surface area contributed by atoms with Gasteiger partial charge in [0.15, 0.2) is 0 Å². The minimum atomic E-state index is -0.333. The molecule has 0 aliphatic carbocycles. The maximum atomic E-state index is 12.8. The van der Waals surface area contributed by atoms with E-state index in [9.17, 15) is 14.7 Å². The van der Waals surface area contributed by atoms with E-state index in [1.54, 1.807) is 30.0 Å². The number of rotatable bonds is 5. The third-order valence-electron chi connectivity index (χ3n) is 3.99. The van der Waals surface area contributed by atoms with Crippen LogP contribution in [-0.4, -0.2) is 47.7 Å². The minimum absolute atomic E-state index is 0.0220. The Morgan fingerprint density at radius 1 is 1.32 bits per heavy atom. The number of carbonyl (C=O) groups excluding carboxylic acids is 2. The third-order valence-corrected chi connectivity index (χ3v) is 3.99. The normalized spacial score (nSPS) is 18.1. The van der Waals surface area contributed by atoms with E-state index in [0.29, 0.717) is 24.3 Å². The molecular weight excluding hydrogens is 282 g/mol. The van der Waals surface area contributed by atoms with Crippen molar-refractivity contribution in [2.75, 3.05) is 19.8 Å². The molecule has 120 valence electrons. The lowest BCUT2D eigenvalue weighted by atomic mass is 9.98. The first kappa shape index (κ1) is 16.5. The smallest absolute Gasteiger partial charge is 0.310 e. The maximum absolute atomic E-state index is 12.8. The summed E-state index contributed by atoms with van der Waals surface area (Å²) in [6.45, 7) is 2.71. The highest BCUT2D eigenvalue weighted by Gasteiger charge is 2.28. The van der Waals surface area contributed by atoms with Crippen molar-refractivity contribution >= 4 is 11.9 Å². The molecule has 0 unspecified atom stereocenters. The van der Waals surface area contributed by atoms with E-state index in [0.717, 1.165) is 19.3 Å². The molecule has 0 bridgehead atoms. The molecule has 1 amide bonds. The van der Waals surface area contributed by atoms with Gasteiger partial charge < -0.3 is 14.7 Å². The highest BCUT2D eigenvalue weighted by Crippen LogP contribution is 2.21. The second kappa shape index (κ2) is 7.94. The number of hydrogen-bond acceptors (Lipinski definition) is 4. The van der Waals surface area contributed by atoms with Gasteiger partial charge >= 0.3 is 5.97 Å². The quantitative estimate of drug-likeness (QED) is 0.842. The zero-order chi connectivity index (χ0) is 15.9. The SMILES string of the molecule is CCOC(=O)Cc1ccccc1C(=O)N1CCCC[C@H]1CO. The van der Waals surface area contributed by atoms with Crippen molar-refractivity contribution in [1.82, 2.24) is 4.90 Å². The molecule has 1 aliphatic heterocycles. The average Bonchev–Trinajstić information content (AvgIpc) is 2.55. The summed E-state index contributed by atoms with van der Waals surface area (Å²) in [7, 11) is 0. The van der Waals surface area contributed by atoms with E-state index in [2.05, 4.69) is 0 Å². The number of carbonyl (C=O) groups is 2. The zero-order valence-electron chi connectivity index (χ0n) is 13.0. The molecular formula is C17H23NO4. The Hall–Kier alpha value is -1.88. The van der Waals surface area contributed by atoms with Gasteiger partial charge in [0.2, 0.25) is 0 Å². The molecule has 22 heavy (non-hydrogen) atoms. The highest BCUT2D eigenvalue weighted by molar-refractivity contribution is 5.97. The zero-order valence-corrected chi connectivity index (χ0v) is 13.0. The first-order valence-electron chi connectivity index (χ1n) is 7.82. The van der Waals surface area contributed by atoms with E-state index in [-0.39, 0.29) is 30.9 Å². The number of amides is 1. The largest absolute Gasteiger partial charge is 0.466 e. The summed E-state index contributed by atoms with van der Waals surface area (Å²) < 4.78 is 4.96. The Labute approximate surface area is 130 Å². The van der Waals surface area contributed by atoms with Crippen LogP contribution in [0.2, 0.25) is 0 Å². The standard InChI is InChI=1S/C17H23NO4/c1-2-22-16(20)11-13-7-3-4-9-15(13)17(21)18-10-6-5-8-14(18)12-19/h3-4,7,9,14,19H,2,5-6,8,10-12H2,1H3/t14-/m0/s1. The van der Waals surface area contributed by atoms with E-state index < -0.39 is 0 Å². The van der Waals surface area contributed by atoms with Gasteiger partial charge in [0.05, 0.1) is 25.7 Å². The molecule has 1 atom stereocenters. The summed E-state index contributed by atoms with van der Waals surface area (Å²) in [5.41, 5.74) is 1.20. The van der Waals surface area contributed by atoms with Crippen LogP contribution in [0.4, 0.5) is 0 Å². The summed E-state index contributed by atoms with van der Waals surface area (Å²) in [4.78, 5) is 26.2. The summed E-state index contributed by atoms with van der Waals surface area (Å²) in [5.74, 6) is -0.446. The number of likely N-dealkylation sites (tertiary alicyclic amines) is 1. The third kappa shape index (κ3) is 3.85. The second-order valence-electron chi connectivity index (χ2n) is 5.47. The molecule has 5 heteroatoms. The van der Waals surface area contributed by atoms with Crippen LogP contribution in [-0.2, 0) is 16.0 Å². The fraction of sp³-hybridized carbons (Fsp3) is 0.529. The van der Waals surface area contributed by atoms with E-state index in [1.165, 1.54) is 0 Å². The molecule has 1 fully saturated rings. The molecule has 5 nitrogen and oxygen atoms in total. The van der Waals surface area contributed by atoms with Crippen molar-refractivity contribution < 1.29 is 19.4 Å². The Morgan fingerprint density at radius 2 is 2.09 bits per heavy atom. The highest BCUT2D eigenvalue weighted by atomic mass is 16.5. The topological polar surface area (TPSA) is 66.8 Å². The monoisotopic (exact) mass is 305 g/mol. The van der Waals surface area contributed by atoms with Gasteiger partial charge in [-0.1, -0.05) is 18.2 Å². The van der Waals surface area contributed by atoms with Crippen molar-refractivity contribution in [2.45, 2.75) is 38.6 Å². The molecule has 1 N–H and O–H groups in total. The predicted molar refractivity (Wildman–Crippen MR) is 82.5 cm³/mol. The van der Waals surface area contributed by atoms with Gasteiger partial charge in [0.1, 0.15) is 0 Å². The van der Waals surface area contributed by atoms with Crippen LogP contribution in [0.25, 0.3) is 0 Å². The van der Waals surface area contributed by atoms with Crippen molar-refractivity contribution in [3.8, 4) is 0 Å². The molecule has 1 saturated heterocycles. The number of esters is 1. The molecule has 1 aromatic carbocycles. The van der Waals surface area contributed by atoms with Crippen molar-refractivity contribution in [1.29, 1.82) is 0 Å². The maximum Gasteiger partial charge on any atom is 0.310 e. The number of benzene rings is 1. The fourth-order valence-corrected chi connectivity index (χ4v) is 2.86. The van der Waals surface area contributed by atoms with Crippen LogP contribution in [0.3, 0.4) is 0 Å². The average molecular weight is 305 g/mol.